The quantitative estimate of drug-likeness (QED) is 0.475. The Morgan fingerprint density at radius 1 is 1.03 bits per heavy atom. The van der Waals surface area contributed by atoms with Crippen molar-refractivity contribution in [2.24, 2.45) is 0 Å². The van der Waals surface area contributed by atoms with Crippen molar-refractivity contribution in [2.75, 3.05) is 29.9 Å². The summed E-state index contributed by atoms with van der Waals surface area (Å²) in [4.78, 5) is 27.9. The highest BCUT2D eigenvalue weighted by Crippen LogP contribution is 2.26. The van der Waals surface area contributed by atoms with Gasteiger partial charge in [0.25, 0.3) is 0 Å². The highest BCUT2D eigenvalue weighted by molar-refractivity contribution is 5.86. The highest BCUT2D eigenvalue weighted by Gasteiger charge is 2.22. The SMILES string of the molecule is CC(C)n1cnc2c(NCc3ccc(-c4ccccc4)cc3)nc(N3CCNC(=O)C3)nc21. The van der Waals surface area contributed by atoms with E-state index in [1.54, 1.807) is 6.33 Å². The Hall–Kier alpha value is -3.94. The van der Waals surface area contributed by atoms with Gasteiger partial charge in [-0.15, -0.1) is 0 Å². The Labute approximate surface area is 192 Å². The lowest BCUT2D eigenvalue weighted by molar-refractivity contribution is -0.120. The summed E-state index contributed by atoms with van der Waals surface area (Å²) in [6.45, 7) is 6.31. The van der Waals surface area contributed by atoms with Gasteiger partial charge in [-0.2, -0.15) is 9.97 Å². The molecule has 3 heterocycles. The van der Waals surface area contributed by atoms with E-state index in [0.29, 0.717) is 31.4 Å². The zero-order chi connectivity index (χ0) is 22.8. The minimum absolute atomic E-state index is 0.0182. The van der Waals surface area contributed by atoms with Gasteiger partial charge < -0.3 is 20.1 Å². The summed E-state index contributed by atoms with van der Waals surface area (Å²) in [5.41, 5.74) is 5.02. The molecule has 4 aromatic rings. The van der Waals surface area contributed by atoms with Crippen molar-refractivity contribution in [3.63, 3.8) is 0 Å². The van der Waals surface area contributed by atoms with Crippen molar-refractivity contribution < 1.29 is 4.79 Å². The highest BCUT2D eigenvalue weighted by atomic mass is 16.2. The number of carbonyl (C=O) groups excluding carboxylic acids is 1. The molecular formula is C25H27N7O. The summed E-state index contributed by atoms with van der Waals surface area (Å²) in [7, 11) is 0. The second kappa shape index (κ2) is 8.90. The molecule has 0 radical (unpaired) electrons. The van der Waals surface area contributed by atoms with Crippen molar-refractivity contribution in [3.05, 3.63) is 66.5 Å². The van der Waals surface area contributed by atoms with E-state index in [0.717, 1.165) is 16.7 Å². The van der Waals surface area contributed by atoms with Crippen LogP contribution in [0.4, 0.5) is 11.8 Å². The Balaban J connectivity index is 1.42. The number of hydrogen-bond donors (Lipinski definition) is 2. The lowest BCUT2D eigenvalue weighted by Gasteiger charge is -2.27. The molecule has 1 fully saturated rings. The van der Waals surface area contributed by atoms with E-state index in [9.17, 15) is 4.79 Å². The molecule has 1 amide bonds. The second-order valence-corrected chi connectivity index (χ2v) is 8.48. The van der Waals surface area contributed by atoms with Gasteiger partial charge in [0, 0.05) is 25.7 Å². The lowest BCUT2D eigenvalue weighted by atomic mass is 10.0. The van der Waals surface area contributed by atoms with Crippen LogP contribution in [0.2, 0.25) is 0 Å². The summed E-state index contributed by atoms with van der Waals surface area (Å²) in [5, 5.41) is 6.30. The van der Waals surface area contributed by atoms with Gasteiger partial charge in [0.2, 0.25) is 11.9 Å². The van der Waals surface area contributed by atoms with Crippen LogP contribution in [-0.2, 0) is 11.3 Å². The van der Waals surface area contributed by atoms with Gasteiger partial charge in [-0.25, -0.2) is 4.98 Å². The molecule has 2 N–H and O–H groups in total. The van der Waals surface area contributed by atoms with Crippen molar-refractivity contribution in [3.8, 4) is 11.1 Å². The number of hydrogen-bond acceptors (Lipinski definition) is 6. The fraction of sp³-hybridized carbons (Fsp3) is 0.280. The lowest BCUT2D eigenvalue weighted by Crippen LogP contribution is -2.48. The van der Waals surface area contributed by atoms with Gasteiger partial charge in [-0.1, -0.05) is 54.6 Å². The van der Waals surface area contributed by atoms with Gasteiger partial charge in [-0.3, -0.25) is 4.79 Å². The first-order valence-corrected chi connectivity index (χ1v) is 11.2. The van der Waals surface area contributed by atoms with Crippen molar-refractivity contribution in [1.82, 2.24) is 24.8 Å². The molecule has 8 nitrogen and oxygen atoms in total. The number of nitrogens with zero attached hydrogens (tertiary/aromatic N) is 5. The number of piperazine rings is 1. The zero-order valence-electron chi connectivity index (χ0n) is 18.8. The number of carbonyl (C=O) groups is 1. The number of nitrogens with one attached hydrogen (secondary N) is 2. The average molecular weight is 442 g/mol. The number of benzene rings is 2. The third kappa shape index (κ3) is 4.37. The molecule has 0 atom stereocenters. The first-order valence-electron chi connectivity index (χ1n) is 11.2. The van der Waals surface area contributed by atoms with E-state index < -0.39 is 0 Å². The molecule has 2 aromatic heterocycles. The number of aromatic nitrogens is 4. The molecule has 2 aromatic carbocycles. The Morgan fingerprint density at radius 3 is 2.52 bits per heavy atom. The zero-order valence-corrected chi connectivity index (χ0v) is 18.8. The monoisotopic (exact) mass is 441 g/mol. The average Bonchev–Trinajstić information content (AvgIpc) is 3.28. The Bertz CT molecular complexity index is 1270. The Kier molecular flexibility index (Phi) is 5.64. The second-order valence-electron chi connectivity index (χ2n) is 8.48. The smallest absolute Gasteiger partial charge is 0.239 e. The molecule has 0 spiro atoms. The van der Waals surface area contributed by atoms with E-state index in [2.05, 4.69) is 65.9 Å². The molecule has 1 saturated heterocycles. The normalized spacial score (nSPS) is 14.0. The summed E-state index contributed by atoms with van der Waals surface area (Å²) in [6.07, 6.45) is 1.80. The van der Waals surface area contributed by atoms with E-state index in [4.69, 9.17) is 9.97 Å². The number of fused-ring (bicyclic) bond motifs is 1. The van der Waals surface area contributed by atoms with Gasteiger partial charge in [-0.05, 0) is 30.5 Å². The molecule has 8 heteroatoms. The van der Waals surface area contributed by atoms with Gasteiger partial charge in [0.05, 0.1) is 12.9 Å². The molecule has 0 saturated carbocycles. The van der Waals surface area contributed by atoms with Crippen LogP contribution in [0, 0.1) is 0 Å². The van der Waals surface area contributed by atoms with Crippen LogP contribution < -0.4 is 15.5 Å². The molecule has 168 valence electrons. The molecule has 1 aliphatic heterocycles. The summed E-state index contributed by atoms with van der Waals surface area (Å²) < 4.78 is 2.03. The van der Waals surface area contributed by atoms with Crippen molar-refractivity contribution in [2.45, 2.75) is 26.4 Å². The van der Waals surface area contributed by atoms with Crippen LogP contribution in [0.1, 0.15) is 25.5 Å². The maximum absolute atomic E-state index is 11.9. The van der Waals surface area contributed by atoms with Crippen molar-refractivity contribution >= 4 is 28.8 Å². The first kappa shape index (κ1) is 20.9. The molecule has 33 heavy (non-hydrogen) atoms. The van der Waals surface area contributed by atoms with Gasteiger partial charge >= 0.3 is 0 Å². The molecule has 5 rings (SSSR count). The third-order valence-corrected chi connectivity index (χ3v) is 5.81. The fourth-order valence-electron chi connectivity index (χ4n) is 3.99. The molecular weight excluding hydrogens is 414 g/mol. The van der Waals surface area contributed by atoms with Crippen LogP contribution in [0.3, 0.4) is 0 Å². The predicted molar refractivity (Wildman–Crippen MR) is 130 cm³/mol. The van der Waals surface area contributed by atoms with Crippen LogP contribution in [0.5, 0.6) is 0 Å². The summed E-state index contributed by atoms with van der Waals surface area (Å²) >= 11 is 0. The van der Waals surface area contributed by atoms with E-state index >= 15 is 0 Å². The third-order valence-electron chi connectivity index (χ3n) is 5.81. The first-order chi connectivity index (χ1) is 16.1. The minimum Gasteiger partial charge on any atom is -0.364 e. The molecule has 0 bridgehead atoms. The van der Waals surface area contributed by atoms with E-state index in [1.807, 2.05) is 27.7 Å². The molecule has 1 aliphatic rings. The number of amides is 1. The maximum atomic E-state index is 11.9. The topological polar surface area (TPSA) is 88.0 Å². The van der Waals surface area contributed by atoms with Crippen LogP contribution in [0.15, 0.2) is 60.9 Å². The number of anilines is 2. The van der Waals surface area contributed by atoms with Crippen LogP contribution >= 0.6 is 0 Å². The molecule has 0 aliphatic carbocycles. The van der Waals surface area contributed by atoms with E-state index in [1.165, 1.54) is 11.1 Å². The number of rotatable bonds is 6. The standard InChI is InChI=1S/C25H27N7O/c1-17(2)32-16-28-22-23(29-25(30-24(22)32)31-13-12-26-21(33)15-31)27-14-18-8-10-20(11-9-18)19-6-4-3-5-7-19/h3-11,16-17H,12-15H2,1-2H3,(H,26,33)(H,27,29,30). The predicted octanol–water partition coefficient (Wildman–Crippen LogP) is 3.62. The Morgan fingerprint density at radius 2 is 1.79 bits per heavy atom. The largest absolute Gasteiger partial charge is 0.364 e. The van der Waals surface area contributed by atoms with Crippen molar-refractivity contribution in [1.29, 1.82) is 0 Å². The fourth-order valence-corrected chi connectivity index (χ4v) is 3.99. The number of imidazole rings is 1. The summed E-state index contributed by atoms with van der Waals surface area (Å²) in [5.74, 6) is 1.20. The minimum atomic E-state index is -0.0182. The van der Waals surface area contributed by atoms with Gasteiger partial charge in [0.15, 0.2) is 17.0 Å². The van der Waals surface area contributed by atoms with Crippen LogP contribution in [-0.4, -0.2) is 45.1 Å². The maximum Gasteiger partial charge on any atom is 0.239 e. The summed E-state index contributed by atoms with van der Waals surface area (Å²) in [6, 6.07) is 19.1. The van der Waals surface area contributed by atoms with Gasteiger partial charge in [0.1, 0.15) is 0 Å². The van der Waals surface area contributed by atoms with Crippen LogP contribution in [0.25, 0.3) is 22.3 Å². The van der Waals surface area contributed by atoms with E-state index in [-0.39, 0.29) is 18.5 Å². The molecule has 0 unspecified atom stereocenters.